The van der Waals surface area contributed by atoms with E-state index in [9.17, 15) is 26.7 Å². The first-order valence-corrected chi connectivity index (χ1v) is 9.01. The molecule has 1 aliphatic rings. The highest BCUT2D eigenvalue weighted by molar-refractivity contribution is 5.90. The maximum absolute atomic E-state index is 14.5. The molecular formula is C18H15F5N6O. The number of carbonyl (C=O) groups is 1. The average molecular weight is 426 g/mol. The van der Waals surface area contributed by atoms with Crippen LogP contribution in [-0.4, -0.2) is 49.7 Å². The van der Waals surface area contributed by atoms with Gasteiger partial charge in [-0.3, -0.25) is 4.79 Å². The number of halogens is 5. The van der Waals surface area contributed by atoms with Gasteiger partial charge in [0.1, 0.15) is 24.7 Å². The van der Waals surface area contributed by atoms with Crippen molar-refractivity contribution < 1.29 is 26.7 Å². The highest BCUT2D eigenvalue weighted by Gasteiger charge is 2.43. The molecule has 3 aromatic rings. The Labute approximate surface area is 166 Å². The quantitative estimate of drug-likeness (QED) is 0.625. The fourth-order valence-corrected chi connectivity index (χ4v) is 3.70. The second-order valence-electron chi connectivity index (χ2n) is 7.03. The number of aromatic nitrogens is 5. The molecule has 1 saturated carbocycles. The number of alkyl halides is 4. The third kappa shape index (κ3) is 3.94. The van der Waals surface area contributed by atoms with Crippen molar-refractivity contribution in [1.82, 2.24) is 30.2 Å². The van der Waals surface area contributed by atoms with Gasteiger partial charge in [0.25, 0.3) is 0 Å². The van der Waals surface area contributed by atoms with E-state index in [2.05, 4.69) is 24.9 Å². The van der Waals surface area contributed by atoms with Crippen molar-refractivity contribution in [2.24, 2.45) is 5.92 Å². The zero-order valence-electron chi connectivity index (χ0n) is 15.2. The molecule has 0 radical (unpaired) electrons. The van der Waals surface area contributed by atoms with Gasteiger partial charge in [-0.1, -0.05) is 0 Å². The number of hydrogen-bond acceptors (Lipinski definition) is 5. The van der Waals surface area contributed by atoms with E-state index in [1.807, 2.05) is 0 Å². The Kier molecular flexibility index (Phi) is 5.08. The van der Waals surface area contributed by atoms with E-state index in [1.54, 1.807) is 11.5 Å². The summed E-state index contributed by atoms with van der Waals surface area (Å²) < 4.78 is 65.8. The lowest BCUT2D eigenvalue weighted by atomic mass is 9.91. The van der Waals surface area contributed by atoms with Crippen molar-refractivity contribution >= 4 is 16.9 Å². The molecule has 0 aliphatic heterocycles. The third-order valence-electron chi connectivity index (χ3n) is 5.02. The standard InChI is InChI=1S/C18H15F5N6O/c19-8-1-9(10(2-8)17(30)27-6-18(21,22)23)14-13(20)5-26-16(29-14)12-4-25-15-11(12)3-24-7-28-15/h3-5,7-10H,1-2,6H2,(H,27,30)(H,24,25,28)/t8-,9?,10+/m0/s1. The van der Waals surface area contributed by atoms with Gasteiger partial charge in [-0.25, -0.2) is 28.7 Å². The first kappa shape index (κ1) is 20.1. The number of fused-ring (bicyclic) bond motifs is 1. The van der Waals surface area contributed by atoms with Gasteiger partial charge in [0.2, 0.25) is 5.91 Å². The van der Waals surface area contributed by atoms with Crippen molar-refractivity contribution in [3.63, 3.8) is 0 Å². The smallest absolute Gasteiger partial charge is 0.347 e. The van der Waals surface area contributed by atoms with Gasteiger partial charge in [0, 0.05) is 35.2 Å². The van der Waals surface area contributed by atoms with Crippen LogP contribution in [0.3, 0.4) is 0 Å². The number of H-pyrrole nitrogens is 1. The molecule has 7 nitrogen and oxygen atoms in total. The summed E-state index contributed by atoms with van der Waals surface area (Å²) in [6, 6.07) is 0. The minimum Gasteiger partial charge on any atom is -0.347 e. The van der Waals surface area contributed by atoms with Crippen LogP contribution in [0.5, 0.6) is 0 Å². The van der Waals surface area contributed by atoms with E-state index in [1.165, 1.54) is 12.5 Å². The number of hydrogen-bond donors (Lipinski definition) is 2. The van der Waals surface area contributed by atoms with E-state index in [0.29, 0.717) is 16.6 Å². The summed E-state index contributed by atoms with van der Waals surface area (Å²) in [5, 5.41) is 2.33. The zero-order valence-corrected chi connectivity index (χ0v) is 15.2. The fraction of sp³-hybridized carbons (Fsp3) is 0.389. The molecule has 30 heavy (non-hydrogen) atoms. The molecule has 158 valence electrons. The number of nitrogens with one attached hydrogen (secondary N) is 2. The summed E-state index contributed by atoms with van der Waals surface area (Å²) in [4.78, 5) is 31.3. The zero-order chi connectivity index (χ0) is 21.5. The molecule has 1 fully saturated rings. The molecule has 0 saturated heterocycles. The Morgan fingerprint density at radius 1 is 1.23 bits per heavy atom. The number of aromatic amines is 1. The maximum atomic E-state index is 14.5. The normalized spacial score (nSPS) is 21.8. The van der Waals surface area contributed by atoms with Crippen LogP contribution in [0, 0.1) is 11.7 Å². The average Bonchev–Trinajstić information content (AvgIpc) is 3.30. The Balaban J connectivity index is 1.67. The van der Waals surface area contributed by atoms with Crippen molar-refractivity contribution in [1.29, 1.82) is 0 Å². The fourth-order valence-electron chi connectivity index (χ4n) is 3.70. The van der Waals surface area contributed by atoms with E-state index >= 15 is 0 Å². The maximum Gasteiger partial charge on any atom is 0.405 e. The summed E-state index contributed by atoms with van der Waals surface area (Å²) in [6.45, 7) is -1.54. The van der Waals surface area contributed by atoms with Crippen LogP contribution in [0.1, 0.15) is 24.5 Å². The molecule has 3 aromatic heterocycles. The Hall–Kier alpha value is -3.18. The predicted octanol–water partition coefficient (Wildman–Crippen LogP) is 3.06. The van der Waals surface area contributed by atoms with Crippen LogP contribution in [-0.2, 0) is 4.79 Å². The Morgan fingerprint density at radius 3 is 2.80 bits per heavy atom. The molecule has 12 heteroatoms. The lowest BCUT2D eigenvalue weighted by Gasteiger charge is -2.19. The molecule has 1 unspecified atom stereocenters. The first-order valence-electron chi connectivity index (χ1n) is 9.01. The highest BCUT2D eigenvalue weighted by Crippen LogP contribution is 2.42. The van der Waals surface area contributed by atoms with E-state index in [0.717, 1.165) is 6.20 Å². The topological polar surface area (TPSA) is 96.5 Å². The molecule has 3 atom stereocenters. The molecule has 2 N–H and O–H groups in total. The second kappa shape index (κ2) is 7.58. The van der Waals surface area contributed by atoms with Gasteiger partial charge in [-0.05, 0) is 12.8 Å². The monoisotopic (exact) mass is 426 g/mol. The summed E-state index contributed by atoms with van der Waals surface area (Å²) >= 11 is 0. The second-order valence-corrected chi connectivity index (χ2v) is 7.03. The predicted molar refractivity (Wildman–Crippen MR) is 94.3 cm³/mol. The van der Waals surface area contributed by atoms with Crippen molar-refractivity contribution in [2.75, 3.05) is 6.54 Å². The van der Waals surface area contributed by atoms with Crippen molar-refractivity contribution in [3.05, 3.63) is 36.4 Å². The van der Waals surface area contributed by atoms with E-state index < -0.39 is 42.5 Å². The molecule has 1 amide bonds. The molecule has 4 rings (SSSR count). The van der Waals surface area contributed by atoms with Gasteiger partial charge in [0.05, 0.1) is 11.9 Å². The van der Waals surface area contributed by atoms with Crippen molar-refractivity contribution in [2.45, 2.75) is 31.1 Å². The summed E-state index contributed by atoms with van der Waals surface area (Å²) in [7, 11) is 0. The van der Waals surface area contributed by atoms with Crippen LogP contribution in [0.4, 0.5) is 22.0 Å². The number of nitrogens with zero attached hydrogens (tertiary/aromatic N) is 4. The van der Waals surface area contributed by atoms with E-state index in [-0.39, 0.29) is 24.4 Å². The van der Waals surface area contributed by atoms with Gasteiger partial charge < -0.3 is 10.3 Å². The Bertz CT molecular complexity index is 1080. The van der Waals surface area contributed by atoms with Crippen LogP contribution < -0.4 is 5.32 Å². The number of rotatable bonds is 4. The van der Waals surface area contributed by atoms with Gasteiger partial charge in [-0.2, -0.15) is 13.2 Å². The summed E-state index contributed by atoms with van der Waals surface area (Å²) in [5.74, 6) is -3.94. The van der Waals surface area contributed by atoms with Crippen LogP contribution in [0.25, 0.3) is 22.4 Å². The van der Waals surface area contributed by atoms with Crippen molar-refractivity contribution in [3.8, 4) is 11.4 Å². The molecule has 1 aliphatic carbocycles. The lowest BCUT2D eigenvalue weighted by Crippen LogP contribution is -2.38. The molecule has 0 bridgehead atoms. The number of amides is 1. The largest absolute Gasteiger partial charge is 0.405 e. The van der Waals surface area contributed by atoms with Crippen LogP contribution >= 0.6 is 0 Å². The SMILES string of the molecule is O=C(NCC(F)(F)F)[C@@H]1C[C@@H](F)CC1c1nc(-c2c[nH]c3ncncc23)ncc1F. The Morgan fingerprint density at radius 2 is 2.03 bits per heavy atom. The lowest BCUT2D eigenvalue weighted by molar-refractivity contribution is -0.141. The van der Waals surface area contributed by atoms with Gasteiger partial charge >= 0.3 is 6.18 Å². The van der Waals surface area contributed by atoms with E-state index in [4.69, 9.17) is 0 Å². The van der Waals surface area contributed by atoms with Crippen LogP contribution in [0.2, 0.25) is 0 Å². The minimum atomic E-state index is -4.61. The molecular weight excluding hydrogens is 411 g/mol. The number of carbonyl (C=O) groups excluding carboxylic acids is 1. The first-order chi connectivity index (χ1) is 14.2. The van der Waals surface area contributed by atoms with Gasteiger partial charge in [0.15, 0.2) is 11.6 Å². The summed E-state index contributed by atoms with van der Waals surface area (Å²) in [6.07, 6.45) is -1.31. The van der Waals surface area contributed by atoms with Gasteiger partial charge in [-0.15, -0.1) is 0 Å². The van der Waals surface area contributed by atoms with Crippen LogP contribution in [0.15, 0.2) is 24.9 Å². The minimum absolute atomic E-state index is 0.101. The third-order valence-corrected chi connectivity index (χ3v) is 5.02. The molecule has 0 aromatic carbocycles. The summed E-state index contributed by atoms with van der Waals surface area (Å²) in [5.41, 5.74) is 0.766. The molecule has 3 heterocycles. The molecule has 0 spiro atoms. The highest BCUT2D eigenvalue weighted by atomic mass is 19.4.